The average molecular weight is 247 g/mol. The Morgan fingerprint density at radius 3 is 2.56 bits per heavy atom. The first kappa shape index (κ1) is 13.1. The molecule has 1 aliphatic rings. The molecule has 0 spiro atoms. The largest absolute Gasteiger partial charge is 0.391 e. The van der Waals surface area contributed by atoms with Crippen LogP contribution in [0.2, 0.25) is 0 Å². The van der Waals surface area contributed by atoms with Gasteiger partial charge in [0.25, 0.3) is 5.91 Å². The number of aliphatic hydroxyl groups excluding tert-OH is 1. The molecule has 0 saturated heterocycles. The summed E-state index contributed by atoms with van der Waals surface area (Å²) in [7, 11) is 0. The molecule has 18 heavy (non-hydrogen) atoms. The van der Waals surface area contributed by atoms with Gasteiger partial charge in [-0.15, -0.1) is 0 Å². The Kier molecular flexibility index (Phi) is 4.37. The van der Waals surface area contributed by atoms with Gasteiger partial charge >= 0.3 is 0 Å². The minimum atomic E-state index is -0.401. The first-order valence-electron chi connectivity index (χ1n) is 6.70. The van der Waals surface area contributed by atoms with Gasteiger partial charge in [-0.2, -0.15) is 0 Å². The second-order valence-electron chi connectivity index (χ2n) is 5.19. The Morgan fingerprint density at radius 1 is 1.33 bits per heavy atom. The van der Waals surface area contributed by atoms with Crippen molar-refractivity contribution >= 4 is 5.91 Å². The van der Waals surface area contributed by atoms with Gasteiger partial charge in [0.2, 0.25) is 0 Å². The summed E-state index contributed by atoms with van der Waals surface area (Å²) < 4.78 is 0. The van der Waals surface area contributed by atoms with Crippen molar-refractivity contribution in [2.24, 2.45) is 5.92 Å². The molecule has 1 unspecified atom stereocenters. The lowest BCUT2D eigenvalue weighted by atomic mass is 10.0. The highest BCUT2D eigenvalue weighted by Crippen LogP contribution is 2.27. The standard InChI is InChI=1S/C15H21NO2/c1-11-6-8-13(9-7-11)15(18)16-10-14(17)12-4-2-3-5-12/h6-9,12,14,17H,2-5,10H2,1H3,(H,16,18). The summed E-state index contributed by atoms with van der Waals surface area (Å²) >= 11 is 0. The van der Waals surface area contributed by atoms with Gasteiger partial charge in [-0.3, -0.25) is 4.79 Å². The summed E-state index contributed by atoms with van der Waals surface area (Å²) in [6.45, 7) is 2.35. The quantitative estimate of drug-likeness (QED) is 0.857. The molecule has 1 amide bonds. The molecule has 1 saturated carbocycles. The van der Waals surface area contributed by atoms with Gasteiger partial charge in [-0.25, -0.2) is 0 Å². The predicted octanol–water partition coefficient (Wildman–Crippen LogP) is 2.28. The van der Waals surface area contributed by atoms with E-state index in [0.29, 0.717) is 18.0 Å². The lowest BCUT2D eigenvalue weighted by molar-refractivity contribution is 0.0840. The van der Waals surface area contributed by atoms with E-state index >= 15 is 0 Å². The van der Waals surface area contributed by atoms with Crippen LogP contribution >= 0.6 is 0 Å². The molecule has 0 aromatic heterocycles. The number of benzene rings is 1. The van der Waals surface area contributed by atoms with Crippen LogP contribution in [0.5, 0.6) is 0 Å². The summed E-state index contributed by atoms with van der Waals surface area (Å²) in [6.07, 6.45) is 4.17. The van der Waals surface area contributed by atoms with Gasteiger partial charge in [-0.05, 0) is 37.8 Å². The van der Waals surface area contributed by atoms with E-state index in [2.05, 4.69) is 5.32 Å². The lowest BCUT2D eigenvalue weighted by Gasteiger charge is -2.18. The number of nitrogens with one attached hydrogen (secondary N) is 1. The summed E-state index contributed by atoms with van der Waals surface area (Å²) in [5.41, 5.74) is 1.79. The van der Waals surface area contributed by atoms with Gasteiger partial charge in [-0.1, -0.05) is 30.5 Å². The summed E-state index contributed by atoms with van der Waals surface area (Å²) in [4.78, 5) is 11.9. The maximum atomic E-state index is 11.9. The molecule has 2 N–H and O–H groups in total. The minimum Gasteiger partial charge on any atom is -0.391 e. The molecule has 0 heterocycles. The number of carbonyl (C=O) groups is 1. The Morgan fingerprint density at radius 2 is 1.94 bits per heavy atom. The molecule has 1 atom stereocenters. The highest BCUT2D eigenvalue weighted by Gasteiger charge is 2.23. The second kappa shape index (κ2) is 6.01. The van der Waals surface area contributed by atoms with E-state index in [4.69, 9.17) is 0 Å². The van der Waals surface area contributed by atoms with E-state index in [1.165, 1.54) is 12.8 Å². The van der Waals surface area contributed by atoms with Crippen molar-refractivity contribution in [2.45, 2.75) is 38.7 Å². The third-order valence-corrected chi connectivity index (χ3v) is 3.73. The molecule has 3 nitrogen and oxygen atoms in total. The molecule has 3 heteroatoms. The van der Waals surface area contributed by atoms with Gasteiger partial charge in [0.15, 0.2) is 0 Å². The minimum absolute atomic E-state index is 0.105. The fourth-order valence-electron chi connectivity index (χ4n) is 2.51. The number of hydrogen-bond acceptors (Lipinski definition) is 2. The fraction of sp³-hybridized carbons (Fsp3) is 0.533. The van der Waals surface area contributed by atoms with Crippen molar-refractivity contribution in [1.82, 2.24) is 5.32 Å². The Bertz CT molecular complexity index is 393. The normalized spacial score (nSPS) is 17.7. The molecular formula is C15H21NO2. The summed E-state index contributed by atoms with van der Waals surface area (Å²) in [5.74, 6) is 0.260. The fourth-order valence-corrected chi connectivity index (χ4v) is 2.51. The van der Waals surface area contributed by atoms with Crippen LogP contribution in [-0.4, -0.2) is 23.7 Å². The second-order valence-corrected chi connectivity index (χ2v) is 5.19. The maximum absolute atomic E-state index is 11.9. The molecule has 0 aliphatic heterocycles. The van der Waals surface area contributed by atoms with Crippen molar-refractivity contribution < 1.29 is 9.90 Å². The third kappa shape index (κ3) is 3.33. The number of carbonyl (C=O) groups excluding carboxylic acids is 1. The van der Waals surface area contributed by atoms with Crippen molar-refractivity contribution in [3.05, 3.63) is 35.4 Å². The van der Waals surface area contributed by atoms with E-state index in [9.17, 15) is 9.90 Å². The summed E-state index contributed by atoms with van der Waals surface area (Å²) in [6, 6.07) is 7.46. The van der Waals surface area contributed by atoms with Crippen molar-refractivity contribution in [2.75, 3.05) is 6.54 Å². The van der Waals surface area contributed by atoms with E-state index in [1.807, 2.05) is 31.2 Å². The first-order chi connectivity index (χ1) is 8.66. The SMILES string of the molecule is Cc1ccc(C(=O)NCC(O)C2CCCC2)cc1. The van der Waals surface area contributed by atoms with Crippen LogP contribution in [0.1, 0.15) is 41.6 Å². The molecule has 0 bridgehead atoms. The monoisotopic (exact) mass is 247 g/mol. The summed E-state index contributed by atoms with van der Waals surface area (Å²) in [5, 5.41) is 12.8. The average Bonchev–Trinajstić information content (AvgIpc) is 2.90. The van der Waals surface area contributed by atoms with E-state index in [-0.39, 0.29) is 5.91 Å². The van der Waals surface area contributed by atoms with Gasteiger partial charge in [0.1, 0.15) is 0 Å². The topological polar surface area (TPSA) is 49.3 Å². The van der Waals surface area contributed by atoms with E-state index in [1.54, 1.807) is 0 Å². The van der Waals surface area contributed by atoms with E-state index < -0.39 is 6.10 Å². The zero-order chi connectivity index (χ0) is 13.0. The molecule has 1 aromatic rings. The van der Waals surface area contributed by atoms with E-state index in [0.717, 1.165) is 18.4 Å². The molecular weight excluding hydrogens is 226 g/mol. The van der Waals surface area contributed by atoms with Crippen molar-refractivity contribution in [3.63, 3.8) is 0 Å². The number of aryl methyl sites for hydroxylation is 1. The third-order valence-electron chi connectivity index (χ3n) is 3.73. The zero-order valence-electron chi connectivity index (χ0n) is 10.9. The number of hydrogen-bond donors (Lipinski definition) is 2. The number of rotatable bonds is 4. The van der Waals surface area contributed by atoms with Crippen molar-refractivity contribution in [3.8, 4) is 0 Å². The van der Waals surface area contributed by atoms with Crippen LogP contribution in [0.25, 0.3) is 0 Å². The predicted molar refractivity (Wildman–Crippen MR) is 71.5 cm³/mol. The van der Waals surface area contributed by atoms with Gasteiger partial charge in [0.05, 0.1) is 6.10 Å². The van der Waals surface area contributed by atoms with Gasteiger partial charge < -0.3 is 10.4 Å². The molecule has 1 aromatic carbocycles. The van der Waals surface area contributed by atoms with Gasteiger partial charge in [0, 0.05) is 12.1 Å². The Labute approximate surface area is 108 Å². The zero-order valence-corrected chi connectivity index (χ0v) is 10.9. The van der Waals surface area contributed by atoms with Crippen LogP contribution in [0.4, 0.5) is 0 Å². The molecule has 0 radical (unpaired) electrons. The van der Waals surface area contributed by atoms with Crippen LogP contribution in [0, 0.1) is 12.8 Å². The van der Waals surface area contributed by atoms with Crippen molar-refractivity contribution in [1.29, 1.82) is 0 Å². The first-order valence-corrected chi connectivity index (χ1v) is 6.70. The molecule has 2 rings (SSSR count). The van der Waals surface area contributed by atoms with Crippen LogP contribution in [0.3, 0.4) is 0 Å². The van der Waals surface area contributed by atoms with Crippen LogP contribution in [0.15, 0.2) is 24.3 Å². The smallest absolute Gasteiger partial charge is 0.251 e. The molecule has 1 fully saturated rings. The number of aliphatic hydroxyl groups is 1. The maximum Gasteiger partial charge on any atom is 0.251 e. The Balaban J connectivity index is 1.82. The highest BCUT2D eigenvalue weighted by atomic mass is 16.3. The Hall–Kier alpha value is -1.35. The lowest BCUT2D eigenvalue weighted by Crippen LogP contribution is -2.35. The molecule has 98 valence electrons. The highest BCUT2D eigenvalue weighted by molar-refractivity contribution is 5.94. The van der Waals surface area contributed by atoms with Crippen LogP contribution in [-0.2, 0) is 0 Å². The molecule has 1 aliphatic carbocycles. The van der Waals surface area contributed by atoms with Crippen LogP contribution < -0.4 is 5.32 Å². The number of amides is 1.